The number of hydrogen-bond acceptors (Lipinski definition) is 1. The van der Waals surface area contributed by atoms with Crippen LogP contribution in [-0.2, 0) is 13.5 Å². The molecule has 0 amide bonds. The normalized spacial score (nSPS) is 9.10. The number of thiazole rings is 1. The topological polar surface area (TPSA) is 3.88 Å². The van der Waals surface area contributed by atoms with E-state index in [1.54, 1.807) is 0 Å². The largest absolute Gasteiger partial charge is 1.00 e. The van der Waals surface area contributed by atoms with E-state index < -0.39 is 0 Å². The maximum absolute atomic E-state index is 2.24. The summed E-state index contributed by atoms with van der Waals surface area (Å²) in [6, 6.07) is 0. The van der Waals surface area contributed by atoms with E-state index in [1.165, 1.54) is 10.7 Å². The van der Waals surface area contributed by atoms with Crippen molar-refractivity contribution in [3.05, 3.63) is 16.1 Å². The van der Waals surface area contributed by atoms with Crippen LogP contribution in [0, 0.1) is 6.92 Å². The van der Waals surface area contributed by atoms with Crippen LogP contribution in [0.3, 0.4) is 0 Å². The Kier molecular flexibility index (Phi) is 4.44. The lowest BCUT2D eigenvalue weighted by Gasteiger charge is -1.85. The molecule has 58 valence electrons. The standard InChI is InChI=1S/C7H12NS.HI/c1-4-7-5-9-6(2)8(7)3;/h5H,4H2,1-3H3;1H/q+1;/p-1. The quantitative estimate of drug-likeness (QED) is 0.429. The molecule has 0 fully saturated rings. The Bertz CT molecular complexity index is 207. The lowest BCUT2D eigenvalue weighted by Crippen LogP contribution is -3.00. The molecule has 0 aliphatic rings. The molecule has 1 aromatic heterocycles. The van der Waals surface area contributed by atoms with Gasteiger partial charge in [-0.05, 0) is 0 Å². The summed E-state index contributed by atoms with van der Waals surface area (Å²) in [5, 5.41) is 3.60. The van der Waals surface area contributed by atoms with Gasteiger partial charge in [0.2, 0.25) is 5.01 Å². The molecule has 10 heavy (non-hydrogen) atoms. The van der Waals surface area contributed by atoms with Crippen LogP contribution in [0.15, 0.2) is 5.38 Å². The van der Waals surface area contributed by atoms with Crippen molar-refractivity contribution in [3.8, 4) is 0 Å². The van der Waals surface area contributed by atoms with E-state index in [0.717, 1.165) is 6.42 Å². The number of rotatable bonds is 1. The van der Waals surface area contributed by atoms with E-state index in [-0.39, 0.29) is 24.0 Å². The van der Waals surface area contributed by atoms with Crippen molar-refractivity contribution in [2.24, 2.45) is 7.05 Å². The van der Waals surface area contributed by atoms with Gasteiger partial charge in [-0.3, -0.25) is 0 Å². The van der Waals surface area contributed by atoms with Crippen LogP contribution in [0.5, 0.6) is 0 Å². The Morgan fingerprint density at radius 2 is 2.20 bits per heavy atom. The van der Waals surface area contributed by atoms with E-state index in [1.807, 2.05) is 11.3 Å². The highest BCUT2D eigenvalue weighted by Crippen LogP contribution is 2.04. The van der Waals surface area contributed by atoms with E-state index >= 15 is 0 Å². The predicted octanol–water partition coefficient (Wildman–Crippen LogP) is -1.55. The van der Waals surface area contributed by atoms with Crippen molar-refractivity contribution in [2.75, 3.05) is 0 Å². The Morgan fingerprint density at radius 3 is 2.40 bits per heavy atom. The molecule has 0 aliphatic carbocycles. The summed E-state index contributed by atoms with van der Waals surface area (Å²) in [4.78, 5) is 0. The highest BCUT2D eigenvalue weighted by molar-refractivity contribution is 7.09. The zero-order chi connectivity index (χ0) is 6.85. The van der Waals surface area contributed by atoms with Gasteiger partial charge in [-0.2, -0.15) is 4.57 Å². The van der Waals surface area contributed by atoms with Gasteiger partial charge in [0.05, 0.1) is 5.38 Å². The third-order valence-corrected chi connectivity index (χ3v) is 2.64. The fraction of sp³-hybridized carbons (Fsp3) is 0.571. The zero-order valence-corrected chi connectivity index (χ0v) is 9.49. The maximum Gasteiger partial charge on any atom is 0.234 e. The van der Waals surface area contributed by atoms with Gasteiger partial charge < -0.3 is 24.0 Å². The summed E-state index contributed by atoms with van der Waals surface area (Å²) in [6.45, 7) is 4.32. The molecule has 1 rings (SSSR count). The Labute approximate surface area is 83.1 Å². The summed E-state index contributed by atoms with van der Waals surface area (Å²) >= 11 is 1.82. The van der Waals surface area contributed by atoms with Crippen LogP contribution in [0.2, 0.25) is 0 Å². The average molecular weight is 269 g/mol. The van der Waals surface area contributed by atoms with Crippen molar-refractivity contribution in [2.45, 2.75) is 20.3 Å². The van der Waals surface area contributed by atoms with Crippen LogP contribution in [-0.4, -0.2) is 0 Å². The van der Waals surface area contributed by atoms with Gasteiger partial charge in [-0.15, -0.1) is 0 Å². The first kappa shape index (κ1) is 10.4. The molecule has 3 heteroatoms. The van der Waals surface area contributed by atoms with Gasteiger partial charge in [-0.25, -0.2) is 0 Å². The molecular weight excluding hydrogens is 257 g/mol. The van der Waals surface area contributed by atoms with Crippen LogP contribution >= 0.6 is 11.3 Å². The second kappa shape index (κ2) is 4.28. The maximum atomic E-state index is 2.24. The molecule has 0 atom stereocenters. The highest BCUT2D eigenvalue weighted by atomic mass is 127. The van der Waals surface area contributed by atoms with Crippen LogP contribution in [0.1, 0.15) is 17.6 Å². The summed E-state index contributed by atoms with van der Waals surface area (Å²) in [6.07, 6.45) is 1.14. The van der Waals surface area contributed by atoms with Crippen molar-refractivity contribution >= 4 is 11.3 Å². The van der Waals surface area contributed by atoms with Gasteiger partial charge in [0, 0.05) is 13.3 Å². The van der Waals surface area contributed by atoms with Gasteiger partial charge in [0.1, 0.15) is 7.05 Å². The minimum atomic E-state index is 0. The number of halogens is 1. The number of aromatic nitrogens is 1. The predicted molar refractivity (Wildman–Crippen MR) is 39.6 cm³/mol. The molecule has 1 nitrogen and oxygen atoms in total. The first-order valence-electron chi connectivity index (χ1n) is 3.18. The Balaban J connectivity index is 0.000000810. The van der Waals surface area contributed by atoms with Crippen LogP contribution in [0.25, 0.3) is 0 Å². The van der Waals surface area contributed by atoms with E-state index in [2.05, 4.69) is 30.8 Å². The van der Waals surface area contributed by atoms with E-state index in [4.69, 9.17) is 0 Å². The fourth-order valence-electron chi connectivity index (χ4n) is 0.834. The molecule has 0 radical (unpaired) electrons. The summed E-state index contributed by atoms with van der Waals surface area (Å²) in [5.41, 5.74) is 1.43. The number of nitrogens with zero attached hydrogens (tertiary/aromatic N) is 1. The molecule has 1 heterocycles. The fourth-order valence-corrected chi connectivity index (χ4v) is 1.74. The van der Waals surface area contributed by atoms with E-state index in [9.17, 15) is 0 Å². The van der Waals surface area contributed by atoms with Crippen LogP contribution < -0.4 is 28.5 Å². The van der Waals surface area contributed by atoms with Crippen LogP contribution in [0.4, 0.5) is 0 Å². The lowest BCUT2D eigenvalue weighted by atomic mass is 10.4. The van der Waals surface area contributed by atoms with E-state index in [0.29, 0.717) is 0 Å². The van der Waals surface area contributed by atoms with Gasteiger partial charge in [-0.1, -0.05) is 18.3 Å². The highest BCUT2D eigenvalue weighted by Gasteiger charge is 2.08. The third-order valence-electron chi connectivity index (χ3n) is 1.63. The van der Waals surface area contributed by atoms with Crippen molar-refractivity contribution < 1.29 is 28.5 Å². The molecule has 0 spiro atoms. The van der Waals surface area contributed by atoms with Crippen molar-refractivity contribution in [3.63, 3.8) is 0 Å². The minimum Gasteiger partial charge on any atom is -1.00 e. The minimum absolute atomic E-state index is 0. The van der Waals surface area contributed by atoms with Gasteiger partial charge in [0.15, 0.2) is 5.69 Å². The molecule has 0 saturated heterocycles. The first-order valence-corrected chi connectivity index (χ1v) is 4.06. The second-order valence-electron chi connectivity index (χ2n) is 2.16. The number of hydrogen-bond donors (Lipinski definition) is 0. The summed E-state index contributed by atoms with van der Waals surface area (Å²) in [5.74, 6) is 0. The molecular formula is C7H12INS. The molecule has 1 aromatic rings. The monoisotopic (exact) mass is 269 g/mol. The molecule has 0 bridgehead atoms. The van der Waals surface area contributed by atoms with Gasteiger partial charge in [0.25, 0.3) is 0 Å². The Morgan fingerprint density at radius 1 is 1.60 bits per heavy atom. The molecule has 0 N–H and O–H groups in total. The van der Waals surface area contributed by atoms with Crippen molar-refractivity contribution in [1.29, 1.82) is 0 Å². The zero-order valence-electron chi connectivity index (χ0n) is 6.52. The number of aryl methyl sites for hydroxylation is 2. The van der Waals surface area contributed by atoms with Crippen molar-refractivity contribution in [1.82, 2.24) is 0 Å². The average Bonchev–Trinajstić information content (AvgIpc) is 2.15. The third kappa shape index (κ3) is 1.92. The second-order valence-corrected chi connectivity index (χ2v) is 3.22. The lowest BCUT2D eigenvalue weighted by molar-refractivity contribution is -0.679. The Hall–Kier alpha value is 0.360. The molecule has 0 unspecified atom stereocenters. The first-order chi connectivity index (χ1) is 4.25. The smallest absolute Gasteiger partial charge is 0.234 e. The van der Waals surface area contributed by atoms with Gasteiger partial charge >= 0.3 is 0 Å². The summed E-state index contributed by atoms with van der Waals surface area (Å²) < 4.78 is 2.24. The SMILES string of the molecule is CCc1csc(C)[n+]1C.[I-]. The molecule has 0 aliphatic heterocycles. The molecule has 0 saturated carbocycles. The summed E-state index contributed by atoms with van der Waals surface area (Å²) in [7, 11) is 2.12. The molecule has 0 aromatic carbocycles.